The van der Waals surface area contributed by atoms with E-state index in [4.69, 9.17) is 5.11 Å². The maximum absolute atomic E-state index is 10.7. The van der Waals surface area contributed by atoms with Crippen molar-refractivity contribution in [3.8, 4) is 0 Å². The highest BCUT2D eigenvalue weighted by molar-refractivity contribution is 5.72. The molecule has 120 valence electrons. The van der Waals surface area contributed by atoms with Crippen LogP contribution in [0.1, 0.15) is 31.2 Å². The summed E-state index contributed by atoms with van der Waals surface area (Å²) in [5, 5.41) is 8.79. The van der Waals surface area contributed by atoms with Gasteiger partial charge in [0.25, 0.3) is 0 Å². The minimum Gasteiger partial charge on any atom is -0.480 e. The average molecular weight is 304 g/mol. The Bertz CT molecular complexity index is 513. The topological polar surface area (TPSA) is 69.6 Å². The lowest BCUT2D eigenvalue weighted by Crippen LogP contribution is -2.35. The third-order valence-electron chi connectivity index (χ3n) is 4.56. The van der Waals surface area contributed by atoms with E-state index in [-0.39, 0.29) is 6.54 Å². The highest BCUT2D eigenvalue weighted by atomic mass is 16.4. The Balaban J connectivity index is 1.59. The first kappa shape index (κ1) is 15.2. The van der Waals surface area contributed by atoms with Crippen LogP contribution in [0, 0.1) is 11.8 Å². The summed E-state index contributed by atoms with van der Waals surface area (Å²) >= 11 is 0. The zero-order valence-electron chi connectivity index (χ0n) is 13.3. The fourth-order valence-corrected chi connectivity index (χ4v) is 3.27. The first-order valence-electron chi connectivity index (χ1n) is 7.98. The predicted octanol–water partition coefficient (Wildman–Crippen LogP) is 1.62. The molecule has 0 saturated heterocycles. The molecule has 0 unspecified atom stereocenters. The largest absolute Gasteiger partial charge is 0.480 e. The second-order valence-corrected chi connectivity index (χ2v) is 6.72. The number of carboxylic acid groups (broad SMARTS) is 1. The van der Waals surface area contributed by atoms with Crippen molar-refractivity contribution in [2.24, 2.45) is 11.8 Å². The Labute approximate surface area is 131 Å². The van der Waals surface area contributed by atoms with Gasteiger partial charge in [-0.3, -0.25) is 9.69 Å². The van der Waals surface area contributed by atoms with Gasteiger partial charge in [-0.1, -0.05) is 0 Å². The number of anilines is 1. The van der Waals surface area contributed by atoms with E-state index >= 15 is 0 Å². The molecule has 2 aliphatic rings. The maximum atomic E-state index is 10.7. The number of nitrogens with zero attached hydrogens (tertiary/aromatic N) is 4. The molecule has 6 nitrogen and oxygen atoms in total. The van der Waals surface area contributed by atoms with E-state index in [0.29, 0.717) is 5.95 Å². The van der Waals surface area contributed by atoms with E-state index in [1.807, 2.05) is 12.4 Å². The number of hydrogen-bond acceptors (Lipinski definition) is 5. The quantitative estimate of drug-likeness (QED) is 0.787. The molecule has 1 aromatic rings. The normalized spacial score (nSPS) is 18.0. The molecule has 2 aliphatic carbocycles. The molecule has 0 radical (unpaired) electrons. The summed E-state index contributed by atoms with van der Waals surface area (Å²) in [7, 11) is 3.89. The van der Waals surface area contributed by atoms with Gasteiger partial charge >= 0.3 is 5.97 Å². The van der Waals surface area contributed by atoms with E-state index in [0.717, 1.165) is 30.0 Å². The molecule has 2 saturated carbocycles. The third-order valence-corrected chi connectivity index (χ3v) is 4.56. The van der Waals surface area contributed by atoms with Gasteiger partial charge in [0.05, 0.1) is 0 Å². The highest BCUT2D eigenvalue weighted by Crippen LogP contribution is 2.47. The van der Waals surface area contributed by atoms with Crippen LogP contribution in [0.2, 0.25) is 0 Å². The molecule has 1 heterocycles. The molecule has 0 aromatic carbocycles. The monoisotopic (exact) mass is 304 g/mol. The van der Waals surface area contributed by atoms with Crippen LogP contribution in [0.4, 0.5) is 5.95 Å². The first-order valence-corrected chi connectivity index (χ1v) is 7.98. The molecule has 0 aliphatic heterocycles. The molecule has 22 heavy (non-hydrogen) atoms. The van der Waals surface area contributed by atoms with Crippen LogP contribution in [-0.2, 0) is 11.3 Å². The predicted molar refractivity (Wildman–Crippen MR) is 83.6 cm³/mol. The van der Waals surface area contributed by atoms with Gasteiger partial charge in [-0.25, -0.2) is 9.97 Å². The van der Waals surface area contributed by atoms with E-state index in [9.17, 15) is 4.79 Å². The Hall–Kier alpha value is -1.69. The van der Waals surface area contributed by atoms with Gasteiger partial charge < -0.3 is 10.0 Å². The smallest absolute Gasteiger partial charge is 0.323 e. The number of likely N-dealkylation sites (N-methyl/N-ethyl adjacent to an activating group) is 1. The number of carbonyl (C=O) groups is 1. The van der Waals surface area contributed by atoms with E-state index < -0.39 is 5.97 Å². The van der Waals surface area contributed by atoms with Crippen molar-refractivity contribution >= 4 is 11.9 Å². The minimum atomic E-state index is -0.883. The van der Waals surface area contributed by atoms with Gasteiger partial charge in [-0.05, 0) is 44.6 Å². The molecule has 3 rings (SSSR count). The van der Waals surface area contributed by atoms with Gasteiger partial charge in [0, 0.05) is 37.6 Å². The van der Waals surface area contributed by atoms with Crippen LogP contribution in [0.15, 0.2) is 12.4 Å². The van der Waals surface area contributed by atoms with Crippen LogP contribution in [0.5, 0.6) is 0 Å². The Morgan fingerprint density at radius 3 is 2.23 bits per heavy atom. The van der Waals surface area contributed by atoms with Crippen molar-refractivity contribution in [3.05, 3.63) is 18.0 Å². The number of hydrogen-bond donors (Lipinski definition) is 1. The van der Waals surface area contributed by atoms with Crippen LogP contribution >= 0.6 is 0 Å². The molecule has 1 aromatic heterocycles. The molecular weight excluding hydrogens is 280 g/mol. The molecule has 0 amide bonds. The van der Waals surface area contributed by atoms with Gasteiger partial charge in [0.15, 0.2) is 0 Å². The Kier molecular flexibility index (Phi) is 4.29. The second-order valence-electron chi connectivity index (χ2n) is 6.72. The van der Waals surface area contributed by atoms with E-state index in [1.165, 1.54) is 30.6 Å². The van der Waals surface area contributed by atoms with Crippen molar-refractivity contribution in [3.63, 3.8) is 0 Å². The highest BCUT2D eigenvalue weighted by Gasteiger charge is 2.43. The van der Waals surface area contributed by atoms with Crippen LogP contribution in [-0.4, -0.2) is 52.6 Å². The molecule has 0 atom stereocenters. The first-order chi connectivity index (χ1) is 10.5. The Morgan fingerprint density at radius 2 is 1.77 bits per heavy atom. The minimum absolute atomic E-state index is 0.0926. The number of rotatable bonds is 8. The van der Waals surface area contributed by atoms with Crippen LogP contribution in [0.3, 0.4) is 0 Å². The van der Waals surface area contributed by atoms with Gasteiger partial charge in [0.1, 0.15) is 6.54 Å². The summed E-state index contributed by atoms with van der Waals surface area (Å²) in [4.78, 5) is 23.3. The fourth-order valence-electron chi connectivity index (χ4n) is 3.27. The number of aromatic nitrogens is 2. The van der Waals surface area contributed by atoms with Gasteiger partial charge in [0.2, 0.25) is 5.95 Å². The standard InChI is InChI=1S/C16H24N4O2/c1-19(15(12-3-4-12)13-5-6-13)9-11-7-17-16(18-8-11)20(2)10-14(21)22/h7-8,12-13,15H,3-6,9-10H2,1-2H3,(H,21,22). The summed E-state index contributed by atoms with van der Waals surface area (Å²) in [5.74, 6) is 1.35. The fraction of sp³-hybridized carbons (Fsp3) is 0.688. The summed E-state index contributed by atoms with van der Waals surface area (Å²) < 4.78 is 0. The maximum Gasteiger partial charge on any atom is 0.323 e. The van der Waals surface area contributed by atoms with Crippen molar-refractivity contribution in [2.75, 3.05) is 25.5 Å². The molecule has 1 N–H and O–H groups in total. The van der Waals surface area contributed by atoms with E-state index in [2.05, 4.69) is 21.9 Å². The van der Waals surface area contributed by atoms with Crippen molar-refractivity contribution < 1.29 is 9.90 Å². The average Bonchev–Trinajstić information content (AvgIpc) is 3.33. The molecule has 6 heteroatoms. The van der Waals surface area contributed by atoms with Gasteiger partial charge in [-0.2, -0.15) is 0 Å². The summed E-state index contributed by atoms with van der Waals surface area (Å²) in [6.07, 6.45) is 9.13. The number of aliphatic carboxylic acids is 1. The van der Waals surface area contributed by atoms with Crippen molar-refractivity contribution in [1.82, 2.24) is 14.9 Å². The molecule has 0 spiro atoms. The molecule has 2 fully saturated rings. The van der Waals surface area contributed by atoms with Crippen LogP contribution in [0.25, 0.3) is 0 Å². The zero-order valence-corrected chi connectivity index (χ0v) is 13.3. The second kappa shape index (κ2) is 6.20. The third kappa shape index (κ3) is 3.74. The Morgan fingerprint density at radius 1 is 1.23 bits per heavy atom. The van der Waals surface area contributed by atoms with Gasteiger partial charge in [-0.15, -0.1) is 0 Å². The summed E-state index contributed by atoms with van der Waals surface area (Å²) in [6.45, 7) is 0.769. The van der Waals surface area contributed by atoms with E-state index in [1.54, 1.807) is 7.05 Å². The summed E-state index contributed by atoms with van der Waals surface area (Å²) in [6, 6.07) is 0.717. The lowest BCUT2D eigenvalue weighted by atomic mass is 10.1. The van der Waals surface area contributed by atoms with Crippen LogP contribution < -0.4 is 4.90 Å². The lowest BCUT2D eigenvalue weighted by molar-refractivity contribution is -0.135. The molecule has 0 bridgehead atoms. The lowest BCUT2D eigenvalue weighted by Gasteiger charge is -2.28. The SMILES string of the molecule is CN(CC(=O)O)c1ncc(CN(C)C(C2CC2)C2CC2)cn1. The number of carboxylic acids is 1. The van der Waals surface area contributed by atoms with Crippen molar-refractivity contribution in [1.29, 1.82) is 0 Å². The summed E-state index contributed by atoms with van der Waals surface area (Å²) in [5.41, 5.74) is 1.08. The van der Waals surface area contributed by atoms with Crippen molar-refractivity contribution in [2.45, 2.75) is 38.3 Å². The zero-order chi connectivity index (χ0) is 15.7. The molecular formula is C16H24N4O2.